The van der Waals surface area contributed by atoms with Crippen molar-refractivity contribution < 1.29 is 0 Å². The van der Waals surface area contributed by atoms with Crippen molar-refractivity contribution >= 4 is 32.9 Å². The van der Waals surface area contributed by atoms with E-state index in [1.165, 1.54) is 0 Å². The number of anilines is 1. The van der Waals surface area contributed by atoms with Crippen molar-refractivity contribution in [2.24, 2.45) is 0 Å². The van der Waals surface area contributed by atoms with Gasteiger partial charge in [-0.2, -0.15) is 10.1 Å². The molecule has 1 unspecified atom stereocenters. The quantitative estimate of drug-likeness (QED) is 0.713. The molecule has 0 spiro atoms. The molecular formula is C17H20BrN5O. The molecule has 0 radical (unpaired) electrons. The predicted octanol–water partition coefficient (Wildman–Crippen LogP) is 3.81. The molecule has 0 bridgehead atoms. The summed E-state index contributed by atoms with van der Waals surface area (Å²) in [5, 5.41) is 8.07. The summed E-state index contributed by atoms with van der Waals surface area (Å²) >= 11 is 3.43. The molecular weight excluding hydrogens is 370 g/mol. The Hall–Kier alpha value is -2.15. The number of aromatic amines is 1. The summed E-state index contributed by atoms with van der Waals surface area (Å²) in [6.07, 6.45) is 1.56. The van der Waals surface area contributed by atoms with Crippen LogP contribution in [0.5, 0.6) is 0 Å². The van der Waals surface area contributed by atoms with E-state index in [1.54, 1.807) is 10.9 Å². The van der Waals surface area contributed by atoms with E-state index < -0.39 is 0 Å². The van der Waals surface area contributed by atoms with Gasteiger partial charge < -0.3 is 5.32 Å². The Kier molecular flexibility index (Phi) is 4.21. The average Bonchev–Trinajstić information content (AvgIpc) is 2.92. The van der Waals surface area contributed by atoms with Crippen LogP contribution < -0.4 is 10.9 Å². The fourth-order valence-corrected chi connectivity index (χ4v) is 2.78. The molecule has 3 aromatic rings. The topological polar surface area (TPSA) is 75.6 Å². The summed E-state index contributed by atoms with van der Waals surface area (Å²) in [5.41, 5.74) is 1.24. The van der Waals surface area contributed by atoms with E-state index in [2.05, 4.69) is 36.3 Å². The molecule has 3 rings (SSSR count). The maximum absolute atomic E-state index is 12.3. The number of hydrogen-bond donors (Lipinski definition) is 2. The number of hydrogen-bond acceptors (Lipinski definition) is 4. The van der Waals surface area contributed by atoms with E-state index in [9.17, 15) is 4.79 Å². The van der Waals surface area contributed by atoms with E-state index >= 15 is 0 Å². The molecule has 0 aliphatic rings. The van der Waals surface area contributed by atoms with Crippen molar-refractivity contribution in [2.75, 3.05) is 5.32 Å². The molecule has 0 saturated carbocycles. The lowest BCUT2D eigenvalue weighted by Crippen LogP contribution is -2.24. The van der Waals surface area contributed by atoms with E-state index in [-0.39, 0.29) is 17.1 Å². The molecule has 7 heteroatoms. The highest BCUT2D eigenvalue weighted by atomic mass is 79.9. The molecule has 1 atom stereocenters. The third kappa shape index (κ3) is 3.21. The zero-order valence-corrected chi connectivity index (χ0v) is 15.7. The highest BCUT2D eigenvalue weighted by molar-refractivity contribution is 9.10. The average molecular weight is 390 g/mol. The van der Waals surface area contributed by atoms with E-state index in [4.69, 9.17) is 0 Å². The van der Waals surface area contributed by atoms with Gasteiger partial charge in [0.2, 0.25) is 5.95 Å². The van der Waals surface area contributed by atoms with Crippen LogP contribution >= 0.6 is 15.9 Å². The maximum atomic E-state index is 12.3. The minimum absolute atomic E-state index is 0.00436. The van der Waals surface area contributed by atoms with Crippen LogP contribution in [0.25, 0.3) is 11.0 Å². The van der Waals surface area contributed by atoms with Crippen LogP contribution in [0.3, 0.4) is 0 Å². The van der Waals surface area contributed by atoms with Gasteiger partial charge in [0, 0.05) is 4.47 Å². The largest absolute Gasteiger partial charge is 0.349 e. The SMILES string of the molecule is CC(Nc1nc2c(cnn2C(C)(C)C)c(=O)[nH]1)c1ccc(Br)cc1. The van der Waals surface area contributed by atoms with Crippen molar-refractivity contribution in [2.45, 2.75) is 39.3 Å². The number of nitrogens with zero attached hydrogens (tertiary/aromatic N) is 3. The third-order valence-electron chi connectivity index (χ3n) is 3.80. The standard InChI is InChI=1S/C17H20BrN5O/c1-10(11-5-7-12(18)8-6-11)20-16-21-14-13(15(24)22-16)9-19-23(14)17(2,3)4/h5-10H,1-4H3,(H2,20,21,22,24). The number of halogens is 1. The molecule has 1 aromatic carbocycles. The molecule has 2 heterocycles. The zero-order chi connectivity index (χ0) is 17.5. The van der Waals surface area contributed by atoms with Crippen LogP contribution in [0.15, 0.2) is 39.7 Å². The van der Waals surface area contributed by atoms with Gasteiger partial charge in [-0.15, -0.1) is 0 Å². The summed E-state index contributed by atoms with van der Waals surface area (Å²) < 4.78 is 2.80. The Morgan fingerprint density at radius 2 is 1.92 bits per heavy atom. The van der Waals surface area contributed by atoms with Crippen molar-refractivity contribution in [1.82, 2.24) is 19.7 Å². The second-order valence-electron chi connectivity index (χ2n) is 6.80. The van der Waals surface area contributed by atoms with Crippen LogP contribution in [0, 0.1) is 0 Å². The van der Waals surface area contributed by atoms with Gasteiger partial charge in [-0.3, -0.25) is 9.78 Å². The lowest BCUT2D eigenvalue weighted by molar-refractivity contribution is 0.366. The summed E-state index contributed by atoms with van der Waals surface area (Å²) in [4.78, 5) is 19.7. The summed E-state index contributed by atoms with van der Waals surface area (Å²) in [6, 6.07) is 8.03. The van der Waals surface area contributed by atoms with Crippen LogP contribution in [0.1, 0.15) is 39.3 Å². The number of rotatable bonds is 3. The van der Waals surface area contributed by atoms with Crippen molar-refractivity contribution in [1.29, 1.82) is 0 Å². The third-order valence-corrected chi connectivity index (χ3v) is 4.33. The van der Waals surface area contributed by atoms with Gasteiger partial charge in [-0.1, -0.05) is 28.1 Å². The molecule has 24 heavy (non-hydrogen) atoms. The normalized spacial score (nSPS) is 13.2. The van der Waals surface area contributed by atoms with Crippen molar-refractivity contribution in [3.63, 3.8) is 0 Å². The highest BCUT2D eigenvalue weighted by Gasteiger charge is 2.20. The molecule has 126 valence electrons. The lowest BCUT2D eigenvalue weighted by atomic mass is 10.1. The number of nitrogens with one attached hydrogen (secondary N) is 2. The fraction of sp³-hybridized carbons (Fsp3) is 0.353. The van der Waals surface area contributed by atoms with Crippen molar-refractivity contribution in [3.8, 4) is 0 Å². The first-order valence-corrected chi connectivity index (χ1v) is 8.55. The minimum Gasteiger partial charge on any atom is -0.349 e. The van der Waals surface area contributed by atoms with Crippen LogP contribution in [-0.2, 0) is 5.54 Å². The molecule has 2 N–H and O–H groups in total. The lowest BCUT2D eigenvalue weighted by Gasteiger charge is -2.20. The van der Waals surface area contributed by atoms with Gasteiger partial charge >= 0.3 is 0 Å². The van der Waals surface area contributed by atoms with E-state index in [0.717, 1.165) is 10.0 Å². The monoisotopic (exact) mass is 389 g/mol. The van der Waals surface area contributed by atoms with Gasteiger partial charge in [0.1, 0.15) is 5.39 Å². The van der Waals surface area contributed by atoms with Crippen molar-refractivity contribution in [3.05, 3.63) is 50.9 Å². The smallest absolute Gasteiger partial charge is 0.263 e. The number of aromatic nitrogens is 4. The van der Waals surface area contributed by atoms with Gasteiger partial charge in [0.15, 0.2) is 5.65 Å². The van der Waals surface area contributed by atoms with Crippen LogP contribution in [-0.4, -0.2) is 19.7 Å². The fourth-order valence-electron chi connectivity index (χ4n) is 2.52. The van der Waals surface area contributed by atoms with Gasteiger partial charge in [-0.05, 0) is 45.4 Å². The first-order chi connectivity index (χ1) is 11.3. The minimum atomic E-state index is -0.253. The molecule has 0 saturated heterocycles. The van der Waals surface area contributed by atoms with E-state index in [1.807, 2.05) is 52.0 Å². The Morgan fingerprint density at radius 3 is 2.54 bits per heavy atom. The summed E-state index contributed by atoms with van der Waals surface area (Å²) in [5.74, 6) is 0.439. The molecule has 0 amide bonds. The Morgan fingerprint density at radius 1 is 1.25 bits per heavy atom. The van der Waals surface area contributed by atoms with E-state index in [0.29, 0.717) is 17.0 Å². The summed E-state index contributed by atoms with van der Waals surface area (Å²) in [6.45, 7) is 8.11. The molecule has 6 nitrogen and oxygen atoms in total. The number of fused-ring (bicyclic) bond motifs is 1. The van der Waals surface area contributed by atoms with Crippen LogP contribution in [0.4, 0.5) is 5.95 Å². The Bertz CT molecular complexity index is 921. The van der Waals surface area contributed by atoms with Gasteiger partial charge in [-0.25, -0.2) is 4.68 Å². The summed E-state index contributed by atoms with van der Waals surface area (Å²) in [7, 11) is 0. The highest BCUT2D eigenvalue weighted by Crippen LogP contribution is 2.21. The number of H-pyrrole nitrogens is 1. The second kappa shape index (κ2) is 6.05. The Labute approximate surface area is 148 Å². The first-order valence-electron chi connectivity index (χ1n) is 7.76. The predicted molar refractivity (Wildman–Crippen MR) is 99.3 cm³/mol. The molecule has 0 fully saturated rings. The molecule has 0 aliphatic heterocycles. The van der Waals surface area contributed by atoms with Gasteiger partial charge in [0.05, 0.1) is 17.8 Å². The maximum Gasteiger partial charge on any atom is 0.263 e. The zero-order valence-electron chi connectivity index (χ0n) is 14.1. The Balaban J connectivity index is 1.98. The molecule has 2 aromatic heterocycles. The molecule has 0 aliphatic carbocycles. The van der Waals surface area contributed by atoms with Crippen LogP contribution in [0.2, 0.25) is 0 Å². The number of benzene rings is 1. The van der Waals surface area contributed by atoms with Gasteiger partial charge in [0.25, 0.3) is 5.56 Å². The second-order valence-corrected chi connectivity index (χ2v) is 7.71. The first kappa shape index (κ1) is 16.7.